The standard InChI is InChI=1S/C8H8.C5H8O2.C3H6N6.C3H4O/c1-2-8-6-4-3-5-7-8;1-4(2)5(6)7-3;4-1-7-2(5)9-3(6)8-1;1-2-3-4/h2-7H,1H2;1H2,2-3H3;(H6,4,5,6,7,8,9);2-3H,1H2. The van der Waals surface area contributed by atoms with Crippen LogP contribution in [0.4, 0.5) is 17.8 Å². The topological polar surface area (TPSA) is 160 Å². The van der Waals surface area contributed by atoms with Gasteiger partial charge in [0, 0.05) is 5.57 Å². The van der Waals surface area contributed by atoms with Crippen molar-refractivity contribution in [3.8, 4) is 0 Å². The zero-order chi connectivity index (χ0) is 21.9. The van der Waals surface area contributed by atoms with E-state index >= 15 is 0 Å². The zero-order valence-electron chi connectivity index (χ0n) is 16.0. The summed E-state index contributed by atoms with van der Waals surface area (Å²) in [4.78, 5) is 29.7. The first-order valence-corrected chi connectivity index (χ1v) is 7.71. The van der Waals surface area contributed by atoms with E-state index in [-0.39, 0.29) is 23.8 Å². The van der Waals surface area contributed by atoms with Gasteiger partial charge in [-0.15, -0.1) is 0 Å². The van der Waals surface area contributed by atoms with Crippen LogP contribution in [0.15, 0.2) is 61.7 Å². The fraction of sp³-hybridized carbons (Fsp3) is 0.105. The van der Waals surface area contributed by atoms with Gasteiger partial charge in [0.2, 0.25) is 17.8 Å². The number of aldehydes is 1. The number of anilines is 3. The van der Waals surface area contributed by atoms with Gasteiger partial charge >= 0.3 is 5.97 Å². The predicted molar refractivity (Wildman–Crippen MR) is 113 cm³/mol. The van der Waals surface area contributed by atoms with Crippen LogP contribution in [0.3, 0.4) is 0 Å². The van der Waals surface area contributed by atoms with Gasteiger partial charge in [-0.05, 0) is 18.6 Å². The molecule has 1 aromatic carbocycles. The third kappa shape index (κ3) is 15.5. The number of hydrogen-bond donors (Lipinski definition) is 3. The monoisotopic (exact) mass is 386 g/mol. The lowest BCUT2D eigenvalue weighted by atomic mass is 10.2. The fourth-order valence-electron chi connectivity index (χ4n) is 1.19. The summed E-state index contributed by atoms with van der Waals surface area (Å²) in [7, 11) is 1.33. The lowest BCUT2D eigenvalue weighted by Crippen LogP contribution is -2.05. The van der Waals surface area contributed by atoms with Crippen molar-refractivity contribution in [1.29, 1.82) is 0 Å². The molecule has 0 aliphatic rings. The minimum absolute atomic E-state index is 0.0417. The second-order valence-electron chi connectivity index (χ2n) is 4.67. The number of carbonyl (C=O) groups excluding carboxylic acids is 2. The summed E-state index contributed by atoms with van der Waals surface area (Å²) in [6.45, 7) is 11.7. The van der Waals surface area contributed by atoms with Crippen molar-refractivity contribution >= 4 is 36.2 Å². The number of carbonyl (C=O) groups is 2. The number of esters is 1. The highest BCUT2D eigenvalue weighted by Crippen LogP contribution is 1.98. The highest BCUT2D eigenvalue weighted by molar-refractivity contribution is 5.86. The molecule has 2 aromatic rings. The molecule has 28 heavy (non-hydrogen) atoms. The van der Waals surface area contributed by atoms with Crippen LogP contribution in [0, 0.1) is 0 Å². The molecule has 0 atom stereocenters. The van der Waals surface area contributed by atoms with Gasteiger partial charge in [-0.25, -0.2) is 4.79 Å². The first-order valence-electron chi connectivity index (χ1n) is 7.71. The Morgan fingerprint density at radius 2 is 1.39 bits per heavy atom. The van der Waals surface area contributed by atoms with Crippen molar-refractivity contribution in [3.05, 3.63) is 67.3 Å². The van der Waals surface area contributed by atoms with Gasteiger partial charge in [-0.2, -0.15) is 15.0 Å². The van der Waals surface area contributed by atoms with E-state index in [1.807, 2.05) is 36.4 Å². The van der Waals surface area contributed by atoms with Crippen LogP contribution in [0.25, 0.3) is 6.08 Å². The van der Waals surface area contributed by atoms with Crippen molar-refractivity contribution < 1.29 is 14.3 Å². The molecule has 150 valence electrons. The van der Waals surface area contributed by atoms with Crippen molar-refractivity contribution in [2.45, 2.75) is 6.92 Å². The molecule has 0 fully saturated rings. The maximum absolute atomic E-state index is 10.2. The Hall–Kier alpha value is -4.01. The van der Waals surface area contributed by atoms with Crippen molar-refractivity contribution in [3.63, 3.8) is 0 Å². The van der Waals surface area contributed by atoms with Gasteiger partial charge in [-0.3, -0.25) is 4.79 Å². The van der Waals surface area contributed by atoms with Gasteiger partial charge in [0.15, 0.2) is 0 Å². The molecule has 6 N–H and O–H groups in total. The van der Waals surface area contributed by atoms with E-state index < -0.39 is 0 Å². The van der Waals surface area contributed by atoms with Crippen LogP contribution in [0.5, 0.6) is 0 Å². The molecule has 0 aliphatic heterocycles. The zero-order valence-corrected chi connectivity index (χ0v) is 16.0. The van der Waals surface area contributed by atoms with Crippen LogP contribution >= 0.6 is 0 Å². The molecule has 0 saturated heterocycles. The Morgan fingerprint density at radius 1 is 1.00 bits per heavy atom. The highest BCUT2D eigenvalue weighted by atomic mass is 16.5. The second-order valence-corrected chi connectivity index (χ2v) is 4.67. The average molecular weight is 386 g/mol. The lowest BCUT2D eigenvalue weighted by Gasteiger charge is -1.93. The van der Waals surface area contributed by atoms with Crippen LogP contribution in [-0.2, 0) is 14.3 Å². The van der Waals surface area contributed by atoms with E-state index in [0.29, 0.717) is 11.9 Å². The van der Waals surface area contributed by atoms with Gasteiger partial charge in [-0.1, -0.05) is 56.1 Å². The van der Waals surface area contributed by atoms with E-state index in [4.69, 9.17) is 22.0 Å². The molecule has 2 rings (SSSR count). The number of rotatable bonds is 3. The van der Waals surface area contributed by atoms with E-state index in [0.717, 1.165) is 0 Å². The normalized spacial score (nSPS) is 8.07. The summed E-state index contributed by atoms with van der Waals surface area (Å²) < 4.78 is 4.27. The quantitative estimate of drug-likeness (QED) is 0.407. The summed E-state index contributed by atoms with van der Waals surface area (Å²) in [5, 5.41) is 0. The minimum atomic E-state index is -0.347. The molecule has 0 spiro atoms. The lowest BCUT2D eigenvalue weighted by molar-refractivity contribution is -0.136. The summed E-state index contributed by atoms with van der Waals surface area (Å²) in [5.41, 5.74) is 17.0. The van der Waals surface area contributed by atoms with Crippen molar-refractivity contribution in [1.82, 2.24) is 15.0 Å². The molecular formula is C19H26N6O3. The Labute approximate surface area is 164 Å². The third-order valence-electron chi connectivity index (χ3n) is 2.35. The molecule has 9 heteroatoms. The first kappa shape index (κ1) is 26.2. The Balaban J connectivity index is 0. The molecule has 0 bridgehead atoms. The summed E-state index contributed by atoms with van der Waals surface area (Å²) in [6.07, 6.45) is 3.67. The maximum atomic E-state index is 10.2. The smallest absolute Gasteiger partial charge is 0.332 e. The van der Waals surface area contributed by atoms with Gasteiger partial charge < -0.3 is 21.9 Å². The van der Waals surface area contributed by atoms with Crippen LogP contribution in [0.1, 0.15) is 12.5 Å². The molecular weight excluding hydrogens is 360 g/mol. The van der Waals surface area contributed by atoms with Gasteiger partial charge in [0.25, 0.3) is 0 Å². The second kappa shape index (κ2) is 16.5. The van der Waals surface area contributed by atoms with E-state index in [9.17, 15) is 4.79 Å². The highest BCUT2D eigenvalue weighted by Gasteiger charge is 1.95. The SMILES string of the molecule is C=C(C)C(=O)OC.C=CC=O.C=Cc1ccccc1.Nc1nc(N)nc(N)n1. The van der Waals surface area contributed by atoms with Crippen molar-refractivity contribution in [2.75, 3.05) is 24.3 Å². The largest absolute Gasteiger partial charge is 0.466 e. The number of allylic oxidation sites excluding steroid dienone is 1. The van der Waals surface area contributed by atoms with Gasteiger partial charge in [0.05, 0.1) is 7.11 Å². The molecule has 1 aromatic heterocycles. The van der Waals surface area contributed by atoms with Crippen LogP contribution < -0.4 is 17.2 Å². The minimum Gasteiger partial charge on any atom is -0.466 e. The number of nitrogen functional groups attached to an aromatic ring is 3. The number of nitrogens with zero attached hydrogens (tertiary/aromatic N) is 3. The number of methoxy groups -OCH3 is 1. The van der Waals surface area contributed by atoms with Gasteiger partial charge in [0.1, 0.15) is 6.29 Å². The Morgan fingerprint density at radius 3 is 1.57 bits per heavy atom. The Bertz CT molecular complexity index is 707. The summed E-state index contributed by atoms with van der Waals surface area (Å²) in [6, 6.07) is 10.0. The molecule has 0 aliphatic carbocycles. The van der Waals surface area contributed by atoms with Crippen LogP contribution in [-0.4, -0.2) is 34.3 Å². The number of hydrogen-bond acceptors (Lipinski definition) is 9. The maximum Gasteiger partial charge on any atom is 0.332 e. The predicted octanol–water partition coefficient (Wildman–Crippen LogP) is 2.05. The molecule has 0 unspecified atom stereocenters. The molecule has 0 radical (unpaired) electrons. The summed E-state index contributed by atoms with van der Waals surface area (Å²) in [5.74, 6) is -0.222. The Kier molecular flexibility index (Phi) is 15.4. The molecule has 1 heterocycles. The van der Waals surface area contributed by atoms with E-state index in [2.05, 4.69) is 39.4 Å². The fourth-order valence-corrected chi connectivity index (χ4v) is 1.19. The third-order valence-corrected chi connectivity index (χ3v) is 2.35. The van der Waals surface area contributed by atoms with E-state index in [1.54, 1.807) is 6.92 Å². The number of ether oxygens (including phenoxy) is 1. The summed E-state index contributed by atoms with van der Waals surface area (Å²) >= 11 is 0. The number of nitrogens with two attached hydrogens (primary N) is 3. The van der Waals surface area contributed by atoms with Crippen molar-refractivity contribution in [2.24, 2.45) is 0 Å². The molecule has 0 amide bonds. The number of benzene rings is 1. The van der Waals surface area contributed by atoms with E-state index in [1.165, 1.54) is 18.7 Å². The first-order chi connectivity index (χ1) is 13.2. The number of aromatic nitrogens is 3. The van der Waals surface area contributed by atoms with Crippen LogP contribution in [0.2, 0.25) is 0 Å². The average Bonchev–Trinajstić information content (AvgIpc) is 2.68. The molecule has 9 nitrogen and oxygen atoms in total. The molecule has 0 saturated carbocycles.